The Kier molecular flexibility index (Phi) is 5.56. The molecular weight excluding hydrogens is 370 g/mol. The molecule has 6 nitrogen and oxygen atoms in total. The Morgan fingerprint density at radius 2 is 2.22 bits per heavy atom. The smallest absolute Gasteiger partial charge is 0.332 e. The molecule has 0 spiro atoms. The van der Waals surface area contributed by atoms with Crippen molar-refractivity contribution in [1.29, 1.82) is 0 Å². The van der Waals surface area contributed by atoms with Gasteiger partial charge in [0.2, 0.25) is 10.0 Å². The highest BCUT2D eigenvalue weighted by atomic mass is 79.9. The molecule has 0 aromatic carbocycles. The molecule has 0 saturated heterocycles. The first-order valence-corrected chi connectivity index (χ1v) is 8.06. The average molecular weight is 379 g/mol. The van der Waals surface area contributed by atoms with E-state index in [2.05, 4.69) is 20.7 Å². The number of nitrogens with one attached hydrogen (secondary N) is 1. The van der Waals surface area contributed by atoms with Crippen molar-refractivity contribution in [3.8, 4) is 0 Å². The summed E-state index contributed by atoms with van der Waals surface area (Å²) >= 11 is 9.75. The molecule has 1 aromatic rings. The Hall–Kier alpha value is -0.190. The van der Waals surface area contributed by atoms with Crippen LogP contribution in [0.2, 0.25) is 5.02 Å². The first kappa shape index (κ1) is 15.9. The van der Waals surface area contributed by atoms with E-state index >= 15 is 0 Å². The second-order valence-corrected chi connectivity index (χ2v) is 8.00. The van der Waals surface area contributed by atoms with Crippen LogP contribution in [0.1, 0.15) is 6.42 Å². The minimum atomic E-state index is -3.73. The number of aliphatic carboxylic acids is 1. The van der Waals surface area contributed by atoms with Crippen molar-refractivity contribution in [2.75, 3.05) is 6.54 Å². The fourth-order valence-electron chi connectivity index (χ4n) is 0.984. The van der Waals surface area contributed by atoms with Crippen LogP contribution in [0.5, 0.6) is 0 Å². The normalized spacial score (nSPS) is 13.5. The molecule has 102 valence electrons. The van der Waals surface area contributed by atoms with Crippen molar-refractivity contribution in [2.24, 2.45) is 0 Å². The third kappa shape index (κ3) is 4.18. The molecule has 1 aromatic heterocycles. The summed E-state index contributed by atoms with van der Waals surface area (Å²) in [7, 11) is -3.73. The van der Waals surface area contributed by atoms with E-state index in [-0.39, 0.29) is 22.2 Å². The lowest BCUT2D eigenvalue weighted by molar-refractivity contribution is -0.146. The largest absolute Gasteiger partial charge is 0.479 e. The molecule has 0 aliphatic carbocycles. The Bertz CT molecular complexity index is 524. The molecule has 1 rings (SSSR count). The SMILES string of the molecule is O=C(O)C(O)CCNS(=O)(=O)c1cc(Cl)c(Br)s1. The van der Waals surface area contributed by atoms with Crippen LogP contribution in [0, 0.1) is 0 Å². The van der Waals surface area contributed by atoms with Gasteiger partial charge in [0.15, 0.2) is 6.10 Å². The van der Waals surface area contributed by atoms with E-state index in [1.165, 1.54) is 6.07 Å². The number of sulfonamides is 1. The van der Waals surface area contributed by atoms with Crippen LogP contribution in [0.4, 0.5) is 0 Å². The van der Waals surface area contributed by atoms with Gasteiger partial charge in [0, 0.05) is 6.54 Å². The molecule has 1 heterocycles. The Morgan fingerprint density at radius 3 is 2.67 bits per heavy atom. The van der Waals surface area contributed by atoms with Crippen molar-refractivity contribution in [3.05, 3.63) is 14.9 Å². The molecule has 1 atom stereocenters. The van der Waals surface area contributed by atoms with Gasteiger partial charge in [-0.25, -0.2) is 17.9 Å². The van der Waals surface area contributed by atoms with Gasteiger partial charge in [0.25, 0.3) is 0 Å². The van der Waals surface area contributed by atoms with Crippen molar-refractivity contribution in [1.82, 2.24) is 4.72 Å². The number of rotatable bonds is 6. The van der Waals surface area contributed by atoms with Crippen molar-refractivity contribution in [2.45, 2.75) is 16.7 Å². The lowest BCUT2D eigenvalue weighted by Gasteiger charge is -2.06. The number of thiophene rings is 1. The molecule has 0 amide bonds. The summed E-state index contributed by atoms with van der Waals surface area (Å²) in [5.74, 6) is -1.39. The molecule has 0 fully saturated rings. The number of carbonyl (C=O) groups is 1. The van der Waals surface area contributed by atoms with E-state index in [4.69, 9.17) is 21.8 Å². The molecule has 0 aliphatic rings. The van der Waals surface area contributed by atoms with Crippen LogP contribution >= 0.6 is 38.9 Å². The Balaban J connectivity index is 2.63. The van der Waals surface area contributed by atoms with Crippen molar-refractivity contribution < 1.29 is 23.4 Å². The quantitative estimate of drug-likeness (QED) is 0.692. The zero-order valence-electron chi connectivity index (χ0n) is 8.76. The lowest BCUT2D eigenvalue weighted by Crippen LogP contribution is -2.29. The number of halogens is 2. The van der Waals surface area contributed by atoms with Gasteiger partial charge in [-0.2, -0.15) is 0 Å². The van der Waals surface area contributed by atoms with Gasteiger partial charge >= 0.3 is 5.97 Å². The molecule has 0 aliphatic heterocycles. The molecule has 3 N–H and O–H groups in total. The van der Waals surface area contributed by atoms with Gasteiger partial charge < -0.3 is 10.2 Å². The van der Waals surface area contributed by atoms with Gasteiger partial charge in [0.05, 0.1) is 8.81 Å². The topological polar surface area (TPSA) is 104 Å². The highest BCUT2D eigenvalue weighted by molar-refractivity contribution is 9.11. The standard InChI is InChI=1S/C8H9BrClNO5S2/c9-7-4(10)3-6(17-7)18(15,16)11-2-1-5(12)8(13)14/h3,5,11-12H,1-2H2,(H,13,14). The number of aliphatic hydroxyl groups is 1. The first-order chi connectivity index (χ1) is 8.24. The number of hydrogen-bond donors (Lipinski definition) is 3. The second-order valence-electron chi connectivity index (χ2n) is 3.23. The number of carboxylic acid groups (broad SMARTS) is 1. The van der Waals surface area contributed by atoms with E-state index in [9.17, 15) is 13.2 Å². The maximum absolute atomic E-state index is 11.7. The van der Waals surface area contributed by atoms with Gasteiger partial charge in [-0.1, -0.05) is 11.6 Å². The predicted octanol–water partition coefficient (Wildman–Crippen LogP) is 1.28. The third-order valence-corrected chi connectivity index (χ3v) is 6.29. The number of aliphatic hydroxyl groups excluding tert-OH is 1. The maximum atomic E-state index is 11.7. The van der Waals surface area contributed by atoms with Crippen LogP contribution in [0.3, 0.4) is 0 Å². The summed E-state index contributed by atoms with van der Waals surface area (Å²) in [6.07, 6.45) is -1.80. The summed E-state index contributed by atoms with van der Waals surface area (Å²) in [5.41, 5.74) is 0. The number of carboxylic acids is 1. The summed E-state index contributed by atoms with van der Waals surface area (Å²) in [5, 5.41) is 17.7. The molecule has 0 bridgehead atoms. The van der Waals surface area contributed by atoms with Crippen molar-refractivity contribution in [3.63, 3.8) is 0 Å². The molecule has 1 unspecified atom stereocenters. The average Bonchev–Trinajstić information content (AvgIpc) is 2.59. The van der Waals surface area contributed by atoms with Crippen LogP contribution < -0.4 is 4.72 Å². The summed E-state index contributed by atoms with van der Waals surface area (Å²) in [6.45, 7) is -0.178. The van der Waals surface area contributed by atoms with Gasteiger partial charge in [0.1, 0.15) is 4.21 Å². The molecule has 10 heteroatoms. The van der Waals surface area contributed by atoms with E-state index in [0.717, 1.165) is 11.3 Å². The van der Waals surface area contributed by atoms with Gasteiger partial charge in [-0.15, -0.1) is 11.3 Å². The van der Waals surface area contributed by atoms with Crippen LogP contribution in [0.15, 0.2) is 14.1 Å². The molecular formula is C8H9BrClNO5S2. The lowest BCUT2D eigenvalue weighted by atomic mass is 10.3. The van der Waals surface area contributed by atoms with Crippen LogP contribution in [-0.4, -0.2) is 37.2 Å². The van der Waals surface area contributed by atoms with Gasteiger partial charge in [-0.05, 0) is 28.4 Å². The van der Waals surface area contributed by atoms with Crippen LogP contribution in [0.25, 0.3) is 0 Å². The molecule has 0 saturated carbocycles. The highest BCUT2D eigenvalue weighted by Crippen LogP contribution is 2.34. The fourth-order valence-corrected chi connectivity index (χ4v) is 4.47. The minimum Gasteiger partial charge on any atom is -0.479 e. The first-order valence-electron chi connectivity index (χ1n) is 4.59. The van der Waals surface area contributed by atoms with Crippen molar-refractivity contribution >= 4 is 54.9 Å². The van der Waals surface area contributed by atoms with E-state index < -0.39 is 22.1 Å². The second kappa shape index (κ2) is 6.31. The van der Waals surface area contributed by atoms with Crippen LogP contribution in [-0.2, 0) is 14.8 Å². The molecule has 18 heavy (non-hydrogen) atoms. The Morgan fingerprint density at radius 1 is 1.61 bits per heavy atom. The zero-order valence-corrected chi connectivity index (χ0v) is 12.7. The van der Waals surface area contributed by atoms with Gasteiger partial charge in [-0.3, -0.25) is 0 Å². The third-order valence-electron chi connectivity index (χ3n) is 1.88. The van der Waals surface area contributed by atoms with E-state index in [0.29, 0.717) is 3.79 Å². The number of hydrogen-bond acceptors (Lipinski definition) is 5. The summed E-state index contributed by atoms with van der Waals surface area (Å²) < 4.78 is 26.2. The predicted molar refractivity (Wildman–Crippen MR) is 70.5 cm³/mol. The minimum absolute atomic E-state index is 0.0178. The van der Waals surface area contributed by atoms with E-state index in [1.807, 2.05) is 0 Å². The van der Waals surface area contributed by atoms with E-state index in [1.54, 1.807) is 0 Å². The fraction of sp³-hybridized carbons (Fsp3) is 0.375. The summed E-state index contributed by atoms with van der Waals surface area (Å²) in [6, 6.07) is 1.28. The summed E-state index contributed by atoms with van der Waals surface area (Å²) in [4.78, 5) is 10.3. The highest BCUT2D eigenvalue weighted by Gasteiger charge is 2.20. The zero-order chi connectivity index (χ0) is 13.9. The maximum Gasteiger partial charge on any atom is 0.332 e. The molecule has 0 radical (unpaired) electrons. The Labute approximate surface area is 121 Å². The monoisotopic (exact) mass is 377 g/mol.